The minimum absolute atomic E-state index is 0.631. The molecule has 0 amide bonds. The monoisotopic (exact) mass is 297 g/mol. The molecule has 17 heavy (non-hydrogen) atoms. The smallest absolute Gasteiger partial charge is 0.129 e. The molecule has 1 aromatic rings. The van der Waals surface area contributed by atoms with Crippen LogP contribution >= 0.6 is 15.9 Å². The van der Waals surface area contributed by atoms with Crippen LogP contribution < -0.4 is 10.6 Å². The van der Waals surface area contributed by atoms with Crippen LogP contribution in [0.15, 0.2) is 16.7 Å². The van der Waals surface area contributed by atoms with Gasteiger partial charge in [-0.1, -0.05) is 12.8 Å². The van der Waals surface area contributed by atoms with Gasteiger partial charge >= 0.3 is 0 Å². The summed E-state index contributed by atoms with van der Waals surface area (Å²) < 4.78 is 1.07. The van der Waals surface area contributed by atoms with Gasteiger partial charge in [-0.25, -0.2) is 4.98 Å². The maximum Gasteiger partial charge on any atom is 0.129 e. The van der Waals surface area contributed by atoms with E-state index >= 15 is 0 Å². The number of pyridine rings is 1. The average molecular weight is 298 g/mol. The molecule has 0 unspecified atom stereocenters. The highest BCUT2D eigenvalue weighted by molar-refractivity contribution is 9.10. The lowest BCUT2D eigenvalue weighted by atomic mass is 10.2. The number of halogens is 1. The van der Waals surface area contributed by atoms with Gasteiger partial charge in [0, 0.05) is 29.8 Å². The first-order valence-corrected chi connectivity index (χ1v) is 7.10. The molecular formula is C13H20BrN3. The molecule has 0 saturated heterocycles. The number of aromatic nitrogens is 1. The van der Waals surface area contributed by atoms with Gasteiger partial charge in [-0.2, -0.15) is 0 Å². The van der Waals surface area contributed by atoms with Crippen molar-refractivity contribution in [3.63, 3.8) is 0 Å². The topological polar surface area (TPSA) is 42.1 Å². The Morgan fingerprint density at radius 2 is 2.18 bits per heavy atom. The Hall–Kier alpha value is -0.610. The van der Waals surface area contributed by atoms with E-state index in [4.69, 9.17) is 5.73 Å². The van der Waals surface area contributed by atoms with E-state index in [9.17, 15) is 0 Å². The lowest BCUT2D eigenvalue weighted by molar-refractivity contribution is 0.602. The third kappa shape index (κ3) is 2.99. The zero-order valence-electron chi connectivity index (χ0n) is 10.3. The van der Waals surface area contributed by atoms with Crippen molar-refractivity contribution in [3.05, 3.63) is 22.3 Å². The van der Waals surface area contributed by atoms with Crippen molar-refractivity contribution in [3.8, 4) is 0 Å². The maximum atomic E-state index is 5.72. The van der Waals surface area contributed by atoms with E-state index < -0.39 is 0 Å². The van der Waals surface area contributed by atoms with Crippen LogP contribution in [0.2, 0.25) is 0 Å². The number of aryl methyl sites for hydroxylation is 1. The second kappa shape index (κ2) is 5.83. The molecule has 0 bridgehead atoms. The number of anilines is 1. The van der Waals surface area contributed by atoms with E-state index in [2.05, 4.69) is 38.8 Å². The molecular weight excluding hydrogens is 278 g/mol. The van der Waals surface area contributed by atoms with E-state index in [0.29, 0.717) is 12.6 Å². The summed E-state index contributed by atoms with van der Waals surface area (Å²) >= 11 is 3.50. The molecule has 0 atom stereocenters. The average Bonchev–Trinajstić information content (AvgIpc) is 2.83. The van der Waals surface area contributed by atoms with Gasteiger partial charge in [0.25, 0.3) is 0 Å². The summed E-state index contributed by atoms with van der Waals surface area (Å²) in [4.78, 5) is 6.91. The Kier molecular flexibility index (Phi) is 4.40. The third-order valence-electron chi connectivity index (χ3n) is 3.46. The molecule has 1 fully saturated rings. The molecule has 0 spiro atoms. The molecule has 0 aromatic carbocycles. The van der Waals surface area contributed by atoms with Gasteiger partial charge in [-0.05, 0) is 47.3 Å². The van der Waals surface area contributed by atoms with Gasteiger partial charge in [0.15, 0.2) is 0 Å². The van der Waals surface area contributed by atoms with Gasteiger partial charge in [0.1, 0.15) is 5.82 Å². The van der Waals surface area contributed by atoms with Crippen LogP contribution in [-0.2, 0) is 0 Å². The van der Waals surface area contributed by atoms with Crippen LogP contribution in [0.1, 0.15) is 31.2 Å². The summed E-state index contributed by atoms with van der Waals surface area (Å²) in [5, 5.41) is 0. The van der Waals surface area contributed by atoms with Crippen LogP contribution in [0, 0.1) is 6.92 Å². The van der Waals surface area contributed by atoms with Crippen molar-refractivity contribution in [2.45, 2.75) is 38.6 Å². The molecule has 94 valence electrons. The van der Waals surface area contributed by atoms with Crippen LogP contribution in [0.5, 0.6) is 0 Å². The Morgan fingerprint density at radius 1 is 1.47 bits per heavy atom. The van der Waals surface area contributed by atoms with Gasteiger partial charge in [0.2, 0.25) is 0 Å². The normalized spacial score (nSPS) is 16.4. The summed E-state index contributed by atoms with van der Waals surface area (Å²) in [6, 6.07) is 2.78. The number of hydrogen-bond acceptors (Lipinski definition) is 3. The Labute approximate surface area is 112 Å². The number of nitrogens with two attached hydrogens (primary N) is 1. The minimum atomic E-state index is 0.631. The largest absolute Gasteiger partial charge is 0.352 e. The highest BCUT2D eigenvalue weighted by Gasteiger charge is 2.23. The van der Waals surface area contributed by atoms with Crippen molar-refractivity contribution < 1.29 is 0 Å². The number of hydrogen-bond donors (Lipinski definition) is 1. The van der Waals surface area contributed by atoms with E-state index in [1.165, 1.54) is 31.2 Å². The van der Waals surface area contributed by atoms with Crippen molar-refractivity contribution in [2.24, 2.45) is 5.73 Å². The van der Waals surface area contributed by atoms with Gasteiger partial charge in [-0.3, -0.25) is 0 Å². The van der Waals surface area contributed by atoms with Crippen LogP contribution in [0.3, 0.4) is 0 Å². The molecule has 1 aliphatic rings. The highest BCUT2D eigenvalue weighted by Crippen LogP contribution is 2.28. The molecule has 2 rings (SSSR count). The summed E-state index contributed by atoms with van der Waals surface area (Å²) in [5.74, 6) is 1.07. The predicted molar refractivity (Wildman–Crippen MR) is 75.3 cm³/mol. The molecule has 3 nitrogen and oxygen atoms in total. The summed E-state index contributed by atoms with van der Waals surface area (Å²) in [7, 11) is 0. The molecule has 1 saturated carbocycles. The second-order valence-corrected chi connectivity index (χ2v) is 5.57. The van der Waals surface area contributed by atoms with E-state index in [0.717, 1.165) is 16.8 Å². The fourth-order valence-corrected chi connectivity index (χ4v) is 2.74. The first kappa shape index (κ1) is 12.8. The minimum Gasteiger partial charge on any atom is -0.352 e. The van der Waals surface area contributed by atoms with Gasteiger partial charge in [0.05, 0.1) is 0 Å². The molecule has 4 heteroatoms. The van der Waals surface area contributed by atoms with Crippen molar-refractivity contribution in [1.82, 2.24) is 4.98 Å². The first-order chi connectivity index (χ1) is 8.22. The molecule has 1 aromatic heterocycles. The number of rotatable bonds is 4. The first-order valence-electron chi connectivity index (χ1n) is 6.31. The fraction of sp³-hybridized carbons (Fsp3) is 0.615. The molecule has 0 aliphatic heterocycles. The van der Waals surface area contributed by atoms with Crippen LogP contribution in [-0.4, -0.2) is 24.1 Å². The Morgan fingerprint density at radius 3 is 2.76 bits per heavy atom. The number of nitrogens with zero attached hydrogens (tertiary/aromatic N) is 2. The second-order valence-electron chi connectivity index (χ2n) is 4.71. The van der Waals surface area contributed by atoms with E-state index in [-0.39, 0.29) is 0 Å². The summed E-state index contributed by atoms with van der Waals surface area (Å²) in [6.07, 6.45) is 7.11. The summed E-state index contributed by atoms with van der Waals surface area (Å²) in [5.41, 5.74) is 6.96. The SMILES string of the molecule is Cc1cc(N(CCN)C2CCCC2)ncc1Br. The highest BCUT2D eigenvalue weighted by atomic mass is 79.9. The Bertz CT molecular complexity index is 375. The van der Waals surface area contributed by atoms with E-state index in [1.54, 1.807) is 0 Å². The molecule has 0 radical (unpaired) electrons. The van der Waals surface area contributed by atoms with Crippen LogP contribution in [0.25, 0.3) is 0 Å². The maximum absolute atomic E-state index is 5.72. The summed E-state index contributed by atoms with van der Waals surface area (Å²) in [6.45, 7) is 3.69. The molecule has 1 aliphatic carbocycles. The van der Waals surface area contributed by atoms with Crippen LogP contribution in [0.4, 0.5) is 5.82 Å². The lowest BCUT2D eigenvalue weighted by Crippen LogP contribution is -2.37. The van der Waals surface area contributed by atoms with Crippen molar-refractivity contribution in [1.29, 1.82) is 0 Å². The zero-order chi connectivity index (χ0) is 12.3. The van der Waals surface area contributed by atoms with Gasteiger partial charge < -0.3 is 10.6 Å². The third-order valence-corrected chi connectivity index (χ3v) is 4.29. The van der Waals surface area contributed by atoms with E-state index in [1.807, 2.05) is 6.20 Å². The quantitative estimate of drug-likeness (QED) is 0.929. The fourth-order valence-electron chi connectivity index (χ4n) is 2.52. The van der Waals surface area contributed by atoms with Crippen molar-refractivity contribution >= 4 is 21.7 Å². The Balaban J connectivity index is 2.21. The lowest BCUT2D eigenvalue weighted by Gasteiger charge is -2.30. The van der Waals surface area contributed by atoms with Crippen molar-refractivity contribution in [2.75, 3.05) is 18.0 Å². The van der Waals surface area contributed by atoms with Gasteiger partial charge in [-0.15, -0.1) is 0 Å². The zero-order valence-corrected chi connectivity index (χ0v) is 11.9. The standard InChI is InChI=1S/C13H20BrN3/c1-10-8-13(16-9-12(10)14)17(7-6-15)11-4-2-3-5-11/h8-9,11H,2-7,15H2,1H3. The molecule has 2 N–H and O–H groups in total. The molecule has 1 heterocycles. The predicted octanol–water partition coefficient (Wildman–Crippen LogP) is 2.86.